The van der Waals surface area contributed by atoms with Crippen LogP contribution < -0.4 is 10.6 Å². The monoisotopic (exact) mass is 322 g/mol. The average molecular weight is 323 g/mol. The second-order valence-electron chi connectivity index (χ2n) is 5.43. The summed E-state index contributed by atoms with van der Waals surface area (Å²) in [4.78, 5) is 0. The van der Waals surface area contributed by atoms with E-state index in [1.165, 1.54) is 10.6 Å². The Morgan fingerprint density at radius 2 is 1.16 bits per heavy atom. The van der Waals surface area contributed by atoms with E-state index in [9.17, 15) is 0 Å². The van der Waals surface area contributed by atoms with Gasteiger partial charge in [0.15, 0.2) is 0 Å². The minimum absolute atomic E-state index is 1.30. The van der Waals surface area contributed by atoms with Gasteiger partial charge in [-0.25, -0.2) is 0 Å². The number of hydrogen-bond acceptors (Lipinski definition) is 2. The van der Waals surface area contributed by atoms with Crippen molar-refractivity contribution in [3.63, 3.8) is 0 Å². The summed E-state index contributed by atoms with van der Waals surface area (Å²) < 4.78 is 0. The second kappa shape index (κ2) is 5.97. The lowest BCUT2D eigenvalue weighted by Gasteiger charge is -2.29. The van der Waals surface area contributed by atoms with E-state index in [0.29, 0.717) is 0 Å². The van der Waals surface area contributed by atoms with Gasteiger partial charge in [0.2, 0.25) is 0 Å². The van der Waals surface area contributed by atoms with Crippen molar-refractivity contribution in [2.75, 3.05) is 0 Å². The first-order valence-corrected chi connectivity index (χ1v) is 14.8. The predicted octanol–water partition coefficient (Wildman–Crippen LogP) is 4.60. The molecule has 2 rings (SSSR count). The molecule has 0 aromatic heterocycles. The summed E-state index contributed by atoms with van der Waals surface area (Å²) in [5, 5.41) is 0.912. The third-order valence-corrected chi connectivity index (χ3v) is 19.6. The van der Waals surface area contributed by atoms with Crippen molar-refractivity contribution in [3.8, 4) is 0 Å². The summed E-state index contributed by atoms with van der Waals surface area (Å²) in [7, 11) is 0.779. The summed E-state index contributed by atoms with van der Waals surface area (Å²) >= 11 is 6.19. The zero-order chi connectivity index (χ0) is 13.9. The Morgan fingerprint density at radius 1 is 0.789 bits per heavy atom. The molecular formula is C15H19PS2Si. The summed E-state index contributed by atoms with van der Waals surface area (Å²) in [6, 6.07) is 21.3. The molecule has 19 heavy (non-hydrogen) atoms. The van der Waals surface area contributed by atoms with Crippen LogP contribution in [0.15, 0.2) is 60.7 Å². The van der Waals surface area contributed by atoms with E-state index in [2.05, 4.69) is 91.1 Å². The summed E-state index contributed by atoms with van der Waals surface area (Å²) in [6.45, 7) is 7.14. The van der Waals surface area contributed by atoms with Crippen molar-refractivity contribution in [1.82, 2.24) is 0 Å². The standard InChI is InChI=1S/C15H19PS2Si/c1-19(2,3)18-16(17,14-10-6-4-7-11-14)15-12-8-5-9-13-15/h4-13H,1-3H3. The summed E-state index contributed by atoms with van der Waals surface area (Å²) in [6.07, 6.45) is 0. The van der Waals surface area contributed by atoms with Gasteiger partial charge in [-0.3, -0.25) is 0 Å². The molecule has 0 unspecified atom stereocenters. The molecule has 2 aromatic carbocycles. The molecule has 0 N–H and O–H groups in total. The number of benzene rings is 2. The highest BCUT2D eigenvalue weighted by molar-refractivity contribution is 8.85. The van der Waals surface area contributed by atoms with Gasteiger partial charge in [-0.05, 0) is 10.6 Å². The van der Waals surface area contributed by atoms with Gasteiger partial charge < -0.3 is 0 Å². The fraction of sp³-hybridized carbons (Fsp3) is 0.200. The molecule has 0 radical (unpaired) electrons. The second-order valence-corrected chi connectivity index (χ2v) is 21.8. The lowest BCUT2D eigenvalue weighted by atomic mass is 10.4. The third-order valence-electron chi connectivity index (χ3n) is 2.59. The van der Waals surface area contributed by atoms with E-state index in [-0.39, 0.29) is 0 Å². The maximum Gasteiger partial charge on any atom is 0.115 e. The highest BCUT2D eigenvalue weighted by Gasteiger charge is 2.29. The van der Waals surface area contributed by atoms with Crippen molar-refractivity contribution in [2.24, 2.45) is 0 Å². The van der Waals surface area contributed by atoms with Crippen LogP contribution in [0.2, 0.25) is 19.6 Å². The zero-order valence-corrected chi connectivity index (χ0v) is 15.1. The van der Waals surface area contributed by atoms with Crippen LogP contribution >= 0.6 is 16.1 Å². The maximum atomic E-state index is 6.19. The molecule has 0 saturated carbocycles. The van der Waals surface area contributed by atoms with Crippen LogP contribution in [0.5, 0.6) is 0 Å². The van der Waals surface area contributed by atoms with Crippen molar-refractivity contribution in [3.05, 3.63) is 60.7 Å². The lowest BCUT2D eigenvalue weighted by molar-refractivity contribution is 1.76. The lowest BCUT2D eigenvalue weighted by Crippen LogP contribution is -2.21. The molecule has 0 aliphatic rings. The van der Waals surface area contributed by atoms with Gasteiger partial charge in [0.05, 0.1) is 5.24 Å². The van der Waals surface area contributed by atoms with Crippen LogP contribution in [0.1, 0.15) is 0 Å². The Balaban J connectivity index is 2.55. The molecule has 0 spiro atoms. The zero-order valence-electron chi connectivity index (χ0n) is 11.5. The van der Waals surface area contributed by atoms with Gasteiger partial charge in [-0.1, -0.05) is 92.1 Å². The van der Waals surface area contributed by atoms with Crippen LogP contribution in [-0.2, 0) is 11.8 Å². The molecular weight excluding hydrogens is 303 g/mol. The van der Waals surface area contributed by atoms with Crippen molar-refractivity contribution >= 4 is 45.7 Å². The van der Waals surface area contributed by atoms with E-state index in [1.807, 2.05) is 0 Å². The van der Waals surface area contributed by atoms with Crippen molar-refractivity contribution in [2.45, 2.75) is 19.6 Å². The van der Waals surface area contributed by atoms with Crippen LogP contribution in [0.25, 0.3) is 0 Å². The molecule has 0 nitrogen and oxygen atoms in total. The van der Waals surface area contributed by atoms with Crippen LogP contribution in [0.4, 0.5) is 0 Å². The molecule has 0 fully saturated rings. The smallest absolute Gasteiger partial charge is 0.115 e. The van der Waals surface area contributed by atoms with Gasteiger partial charge in [0.1, 0.15) is 7.22 Å². The van der Waals surface area contributed by atoms with Crippen LogP contribution in [-0.4, -0.2) is 7.22 Å². The quantitative estimate of drug-likeness (QED) is 0.596. The van der Waals surface area contributed by atoms with Crippen molar-refractivity contribution in [1.29, 1.82) is 0 Å². The van der Waals surface area contributed by atoms with Crippen molar-refractivity contribution < 1.29 is 0 Å². The Labute approximate surface area is 126 Å². The van der Waals surface area contributed by atoms with E-state index >= 15 is 0 Å². The first-order valence-electron chi connectivity index (χ1n) is 6.34. The Morgan fingerprint density at radius 3 is 1.47 bits per heavy atom. The fourth-order valence-electron chi connectivity index (χ4n) is 1.89. The van der Waals surface area contributed by atoms with E-state index in [4.69, 9.17) is 11.8 Å². The van der Waals surface area contributed by atoms with Gasteiger partial charge in [0.25, 0.3) is 0 Å². The van der Waals surface area contributed by atoms with Gasteiger partial charge >= 0.3 is 0 Å². The van der Waals surface area contributed by atoms with Gasteiger partial charge in [-0.15, -0.1) is 10.8 Å². The molecule has 0 saturated heterocycles. The van der Waals surface area contributed by atoms with E-state index in [0.717, 1.165) is 0 Å². The van der Waals surface area contributed by atoms with Crippen LogP contribution in [0.3, 0.4) is 0 Å². The molecule has 2 aromatic rings. The topological polar surface area (TPSA) is 0 Å². The third kappa shape index (κ3) is 3.82. The highest BCUT2D eigenvalue weighted by atomic mass is 33.0. The van der Waals surface area contributed by atoms with Gasteiger partial charge in [-0.2, -0.15) is 0 Å². The largest absolute Gasteiger partial charge is 0.141 e. The number of hydrogen-bond donors (Lipinski definition) is 0. The Kier molecular flexibility index (Phi) is 4.73. The summed E-state index contributed by atoms with van der Waals surface area (Å²) in [5.41, 5.74) is 0. The molecule has 0 heterocycles. The molecule has 0 bridgehead atoms. The molecule has 4 heteroatoms. The summed E-state index contributed by atoms with van der Waals surface area (Å²) in [5.74, 6) is 0. The van der Waals surface area contributed by atoms with Gasteiger partial charge in [0, 0.05) is 0 Å². The minimum Gasteiger partial charge on any atom is -0.141 e. The maximum absolute atomic E-state index is 6.19. The first kappa shape index (κ1) is 15.1. The average Bonchev–Trinajstić information content (AvgIpc) is 2.39. The fourth-order valence-corrected chi connectivity index (χ4v) is 23.6. The first-order chi connectivity index (χ1) is 8.92. The molecule has 0 aliphatic heterocycles. The van der Waals surface area contributed by atoms with Crippen LogP contribution in [0, 0.1) is 0 Å². The minimum atomic E-state index is -1.73. The highest BCUT2D eigenvalue weighted by Crippen LogP contribution is 2.60. The van der Waals surface area contributed by atoms with E-state index in [1.54, 1.807) is 0 Å². The molecule has 0 atom stereocenters. The Bertz CT molecular complexity index is 533. The number of rotatable bonds is 4. The molecule has 100 valence electrons. The Hall–Kier alpha value is -0.343. The molecule has 0 aliphatic carbocycles. The SMILES string of the molecule is C[Si](C)(C)SP(=S)(c1ccccc1)c1ccccc1. The normalized spacial score (nSPS) is 12.4. The molecule has 0 amide bonds. The van der Waals surface area contributed by atoms with E-state index < -0.39 is 12.5 Å². The predicted molar refractivity (Wildman–Crippen MR) is 97.4 cm³/mol.